The zero-order chi connectivity index (χ0) is 16.7. The van der Waals surface area contributed by atoms with Crippen molar-refractivity contribution in [1.29, 1.82) is 0 Å². The summed E-state index contributed by atoms with van der Waals surface area (Å²) in [5.41, 5.74) is 2.52. The van der Waals surface area contributed by atoms with E-state index in [0.717, 1.165) is 43.9 Å². The van der Waals surface area contributed by atoms with Crippen LogP contribution in [0.4, 0.5) is 0 Å². The summed E-state index contributed by atoms with van der Waals surface area (Å²) < 4.78 is 12.0. The van der Waals surface area contributed by atoms with Crippen LogP contribution in [0.2, 0.25) is 0 Å². The molecule has 0 amide bonds. The van der Waals surface area contributed by atoms with Crippen molar-refractivity contribution in [3.05, 3.63) is 35.4 Å². The molecule has 0 aromatic heterocycles. The second kappa shape index (κ2) is 11.1. The minimum Gasteiger partial charge on any atom is -0.354 e. The lowest BCUT2D eigenvalue weighted by atomic mass is 9.95. The van der Waals surface area contributed by atoms with Crippen LogP contribution in [0.3, 0.4) is 0 Å². The molecule has 0 saturated heterocycles. The molecule has 1 aliphatic carbocycles. The quantitative estimate of drug-likeness (QED) is 0.400. The van der Waals surface area contributed by atoms with Gasteiger partial charge in [-0.15, -0.1) is 24.0 Å². The third-order valence-corrected chi connectivity index (χ3v) is 6.13. The predicted octanol–water partition coefficient (Wildman–Crippen LogP) is 3.36. The first-order chi connectivity index (χ1) is 11.1. The Kier molecular flexibility index (Phi) is 9.88. The standard InChI is InChI=1S/C18H29N3OS.HI/c1-4-23(22)17-10-6-9-16(12-17)21-18(19-3)20-13-15-8-5-7-14(2)11-15;/h5,7-8,11,16-17H,4,6,9-10,12-13H2,1-3H3,(H2,19,20,21);1H. The van der Waals surface area contributed by atoms with Crippen LogP contribution < -0.4 is 10.6 Å². The van der Waals surface area contributed by atoms with Crippen molar-refractivity contribution in [2.45, 2.75) is 57.4 Å². The molecule has 0 radical (unpaired) electrons. The van der Waals surface area contributed by atoms with Gasteiger partial charge in [0.25, 0.3) is 0 Å². The number of hydrogen-bond donors (Lipinski definition) is 2. The molecular formula is C18H30IN3OS. The smallest absolute Gasteiger partial charge is 0.191 e. The Morgan fingerprint density at radius 2 is 2.17 bits per heavy atom. The molecule has 3 unspecified atom stereocenters. The number of nitrogens with one attached hydrogen (secondary N) is 2. The molecule has 4 nitrogen and oxygen atoms in total. The van der Waals surface area contributed by atoms with Gasteiger partial charge < -0.3 is 10.6 Å². The third kappa shape index (κ3) is 6.70. The molecule has 2 N–H and O–H groups in total. The number of rotatable bonds is 5. The number of halogens is 1. The monoisotopic (exact) mass is 463 g/mol. The van der Waals surface area contributed by atoms with Crippen LogP contribution in [0.25, 0.3) is 0 Å². The van der Waals surface area contributed by atoms with Crippen molar-refractivity contribution < 1.29 is 4.21 Å². The molecule has 0 spiro atoms. The Balaban J connectivity index is 0.00000288. The Bertz CT molecular complexity index is 565. The van der Waals surface area contributed by atoms with Crippen molar-refractivity contribution in [2.24, 2.45) is 4.99 Å². The molecule has 3 atom stereocenters. The molecule has 24 heavy (non-hydrogen) atoms. The average Bonchev–Trinajstić information content (AvgIpc) is 2.58. The van der Waals surface area contributed by atoms with Crippen LogP contribution in [0.15, 0.2) is 29.3 Å². The first-order valence-electron chi connectivity index (χ1n) is 8.52. The van der Waals surface area contributed by atoms with Crippen LogP contribution in [0.1, 0.15) is 43.7 Å². The van der Waals surface area contributed by atoms with E-state index in [2.05, 4.69) is 46.8 Å². The summed E-state index contributed by atoms with van der Waals surface area (Å²) in [5.74, 6) is 1.59. The van der Waals surface area contributed by atoms with Gasteiger partial charge in [-0.05, 0) is 31.7 Å². The van der Waals surface area contributed by atoms with Gasteiger partial charge in [0.15, 0.2) is 5.96 Å². The van der Waals surface area contributed by atoms with E-state index in [-0.39, 0.29) is 24.0 Å². The molecule has 1 aliphatic rings. The minimum absolute atomic E-state index is 0. The first kappa shape index (κ1) is 21.4. The Labute approximate surface area is 165 Å². The van der Waals surface area contributed by atoms with E-state index in [9.17, 15) is 4.21 Å². The average molecular weight is 463 g/mol. The summed E-state index contributed by atoms with van der Waals surface area (Å²) in [6.07, 6.45) is 4.34. The summed E-state index contributed by atoms with van der Waals surface area (Å²) in [7, 11) is 1.11. The van der Waals surface area contributed by atoms with E-state index in [4.69, 9.17) is 0 Å². The topological polar surface area (TPSA) is 53.5 Å². The fourth-order valence-electron chi connectivity index (χ4n) is 3.15. The fourth-order valence-corrected chi connectivity index (χ4v) is 4.49. The lowest BCUT2D eigenvalue weighted by molar-refractivity contribution is 0.413. The zero-order valence-electron chi connectivity index (χ0n) is 14.9. The van der Waals surface area contributed by atoms with Crippen molar-refractivity contribution in [2.75, 3.05) is 12.8 Å². The van der Waals surface area contributed by atoms with Crippen LogP contribution >= 0.6 is 24.0 Å². The normalized spacial score (nSPS) is 22.4. The van der Waals surface area contributed by atoms with Crippen molar-refractivity contribution >= 4 is 40.7 Å². The fraction of sp³-hybridized carbons (Fsp3) is 0.611. The molecule has 136 valence electrons. The van der Waals surface area contributed by atoms with Gasteiger partial charge >= 0.3 is 0 Å². The number of aryl methyl sites for hydroxylation is 1. The van der Waals surface area contributed by atoms with Crippen molar-refractivity contribution in [1.82, 2.24) is 10.6 Å². The number of guanidine groups is 1. The SMILES string of the molecule is CCS(=O)C1CCCC(NC(=NC)NCc2cccc(C)c2)C1.I. The molecule has 2 rings (SSSR count). The number of aliphatic imine (C=N–C) groups is 1. The lowest BCUT2D eigenvalue weighted by Crippen LogP contribution is -2.46. The van der Waals surface area contributed by atoms with Crippen molar-refractivity contribution in [3.63, 3.8) is 0 Å². The van der Waals surface area contributed by atoms with Crippen LogP contribution in [-0.2, 0) is 17.3 Å². The lowest BCUT2D eigenvalue weighted by Gasteiger charge is -2.30. The molecular weight excluding hydrogens is 433 g/mol. The van der Waals surface area contributed by atoms with Gasteiger partial charge in [-0.1, -0.05) is 43.2 Å². The highest BCUT2D eigenvalue weighted by molar-refractivity contribution is 14.0. The second-order valence-corrected chi connectivity index (χ2v) is 8.22. The van der Waals surface area contributed by atoms with E-state index < -0.39 is 10.8 Å². The van der Waals surface area contributed by atoms with Gasteiger partial charge in [-0.2, -0.15) is 0 Å². The van der Waals surface area contributed by atoms with E-state index >= 15 is 0 Å². The van der Waals surface area contributed by atoms with Crippen LogP contribution in [0, 0.1) is 6.92 Å². The van der Waals surface area contributed by atoms with Gasteiger partial charge in [0.2, 0.25) is 0 Å². The van der Waals surface area contributed by atoms with Crippen LogP contribution in [-0.4, -0.2) is 34.3 Å². The van der Waals surface area contributed by atoms with E-state index in [1.54, 1.807) is 7.05 Å². The van der Waals surface area contributed by atoms with Gasteiger partial charge in [0.05, 0.1) is 0 Å². The third-order valence-electron chi connectivity index (χ3n) is 4.39. The highest BCUT2D eigenvalue weighted by Gasteiger charge is 2.25. The predicted molar refractivity (Wildman–Crippen MR) is 115 cm³/mol. The summed E-state index contributed by atoms with van der Waals surface area (Å²) in [6.45, 7) is 4.88. The molecule has 1 saturated carbocycles. The van der Waals surface area contributed by atoms with E-state index in [1.165, 1.54) is 11.1 Å². The molecule has 0 aliphatic heterocycles. The first-order valence-corrected chi connectivity index (χ1v) is 9.90. The van der Waals surface area contributed by atoms with Gasteiger partial charge in [0.1, 0.15) is 0 Å². The highest BCUT2D eigenvalue weighted by Crippen LogP contribution is 2.22. The molecule has 6 heteroatoms. The minimum atomic E-state index is -0.687. The summed E-state index contributed by atoms with van der Waals surface area (Å²) in [6, 6.07) is 8.85. The summed E-state index contributed by atoms with van der Waals surface area (Å²) in [5, 5.41) is 7.22. The highest BCUT2D eigenvalue weighted by atomic mass is 127. The maximum Gasteiger partial charge on any atom is 0.191 e. The maximum atomic E-state index is 12.0. The Morgan fingerprint density at radius 3 is 2.83 bits per heavy atom. The van der Waals surface area contributed by atoms with E-state index in [0.29, 0.717) is 11.3 Å². The zero-order valence-corrected chi connectivity index (χ0v) is 18.0. The molecule has 1 aromatic rings. The largest absolute Gasteiger partial charge is 0.354 e. The number of hydrogen-bond acceptors (Lipinski definition) is 2. The maximum absolute atomic E-state index is 12.0. The summed E-state index contributed by atoms with van der Waals surface area (Å²) >= 11 is 0. The van der Waals surface area contributed by atoms with Gasteiger partial charge in [0, 0.05) is 41.4 Å². The van der Waals surface area contributed by atoms with Crippen molar-refractivity contribution in [3.8, 4) is 0 Å². The van der Waals surface area contributed by atoms with E-state index in [1.807, 2.05) is 6.92 Å². The number of nitrogens with zero attached hydrogens (tertiary/aromatic N) is 1. The molecule has 1 aromatic carbocycles. The van der Waals surface area contributed by atoms with Gasteiger partial charge in [-0.3, -0.25) is 9.20 Å². The van der Waals surface area contributed by atoms with Gasteiger partial charge in [-0.25, -0.2) is 0 Å². The molecule has 0 heterocycles. The van der Waals surface area contributed by atoms with Crippen LogP contribution in [0.5, 0.6) is 0 Å². The number of benzene rings is 1. The Morgan fingerprint density at radius 1 is 1.38 bits per heavy atom. The second-order valence-electron chi connectivity index (χ2n) is 6.21. The summed E-state index contributed by atoms with van der Waals surface area (Å²) in [4.78, 5) is 4.33. The molecule has 1 fully saturated rings. The Hall–Kier alpha value is -0.630. The molecule has 0 bridgehead atoms.